The van der Waals surface area contributed by atoms with Gasteiger partial charge in [-0.25, -0.2) is 9.98 Å². The highest BCUT2D eigenvalue weighted by atomic mass is 127. The molecule has 1 aliphatic rings. The minimum Gasteiger partial charge on any atom is -0.484 e. The summed E-state index contributed by atoms with van der Waals surface area (Å²) >= 11 is 1.72. The molecule has 1 aliphatic carbocycles. The van der Waals surface area contributed by atoms with E-state index in [0.717, 1.165) is 49.7 Å². The van der Waals surface area contributed by atoms with E-state index >= 15 is 0 Å². The average molecular weight is 558 g/mol. The van der Waals surface area contributed by atoms with Crippen LogP contribution in [0, 0.1) is 0 Å². The molecule has 7 nitrogen and oxygen atoms in total. The molecule has 9 heteroatoms. The number of hydrogen-bond donors (Lipinski definition) is 3. The number of nitrogens with zero attached hydrogens (tertiary/aromatic N) is 2. The molecule has 1 heterocycles. The highest BCUT2D eigenvalue weighted by molar-refractivity contribution is 14.0. The Kier molecular flexibility index (Phi) is 11.1. The third kappa shape index (κ3) is 9.42. The third-order valence-corrected chi connectivity index (χ3v) is 5.73. The molecule has 2 aromatic rings. The topological polar surface area (TPSA) is 87.6 Å². The van der Waals surface area contributed by atoms with Crippen LogP contribution in [0.1, 0.15) is 42.1 Å². The van der Waals surface area contributed by atoms with E-state index in [9.17, 15) is 4.79 Å². The molecule has 170 valence electrons. The molecule has 0 unspecified atom stereocenters. The molecule has 3 rings (SSSR count). The van der Waals surface area contributed by atoms with Crippen molar-refractivity contribution in [2.45, 2.75) is 52.1 Å². The summed E-state index contributed by atoms with van der Waals surface area (Å²) in [6.45, 7) is 6.42. The Morgan fingerprint density at radius 1 is 1.23 bits per heavy atom. The Hall–Kier alpha value is -1.88. The normalized spacial score (nSPS) is 13.3. The van der Waals surface area contributed by atoms with Crippen molar-refractivity contribution < 1.29 is 9.53 Å². The van der Waals surface area contributed by atoms with Crippen molar-refractivity contribution in [2.24, 2.45) is 4.99 Å². The van der Waals surface area contributed by atoms with Crippen LogP contribution in [-0.4, -0.2) is 42.6 Å². The lowest BCUT2D eigenvalue weighted by Crippen LogP contribution is -2.38. The number of thiazole rings is 1. The van der Waals surface area contributed by atoms with E-state index in [-0.39, 0.29) is 36.5 Å². The van der Waals surface area contributed by atoms with Crippen molar-refractivity contribution in [3.05, 3.63) is 45.9 Å². The Labute approximate surface area is 205 Å². The Balaban J connectivity index is 0.00000341. The lowest BCUT2D eigenvalue weighted by molar-refractivity contribution is -0.123. The standard InChI is InChI=1S/C22H31N5O2S.HI/c1-3-19-13-25-21(30-19)14-26-22(23-4-2)24-12-11-16-5-9-18(10-6-16)29-15-20(28)27-17-7-8-17;/h5-6,9-10,13,17H,3-4,7-8,11-12,14-15H2,1-2H3,(H,27,28)(H2,23,24,26);1H. The molecular weight excluding hydrogens is 525 g/mol. The van der Waals surface area contributed by atoms with Crippen molar-refractivity contribution in [2.75, 3.05) is 19.7 Å². The summed E-state index contributed by atoms with van der Waals surface area (Å²) in [5.41, 5.74) is 1.20. The minimum absolute atomic E-state index is 0. The third-order valence-electron chi connectivity index (χ3n) is 4.61. The largest absolute Gasteiger partial charge is 0.484 e. The van der Waals surface area contributed by atoms with Crippen LogP contribution in [-0.2, 0) is 24.2 Å². The van der Waals surface area contributed by atoms with Crippen LogP contribution in [0.4, 0.5) is 0 Å². The number of nitrogens with one attached hydrogen (secondary N) is 3. The number of hydrogen-bond acceptors (Lipinski definition) is 5. The highest BCUT2D eigenvalue weighted by Gasteiger charge is 2.23. The number of carbonyl (C=O) groups is 1. The van der Waals surface area contributed by atoms with Gasteiger partial charge in [-0.1, -0.05) is 19.1 Å². The first-order chi connectivity index (χ1) is 14.7. The van der Waals surface area contributed by atoms with E-state index in [0.29, 0.717) is 18.3 Å². The molecular formula is C22H32IN5O2S. The number of aromatic nitrogens is 1. The molecule has 0 bridgehead atoms. The molecule has 0 radical (unpaired) electrons. The number of rotatable bonds is 11. The Morgan fingerprint density at radius 3 is 2.65 bits per heavy atom. The van der Waals surface area contributed by atoms with Crippen LogP contribution in [0.2, 0.25) is 0 Å². The zero-order chi connectivity index (χ0) is 21.2. The number of aryl methyl sites for hydroxylation is 1. The second-order valence-corrected chi connectivity index (χ2v) is 8.42. The van der Waals surface area contributed by atoms with E-state index < -0.39 is 0 Å². The SMILES string of the molecule is CCNC(=NCc1ncc(CC)s1)NCCc1ccc(OCC(=O)NC2CC2)cc1.I. The van der Waals surface area contributed by atoms with Gasteiger partial charge in [0.05, 0.1) is 6.54 Å². The number of guanidine groups is 1. The first-order valence-electron chi connectivity index (χ1n) is 10.6. The summed E-state index contributed by atoms with van der Waals surface area (Å²) in [5, 5.41) is 10.6. The van der Waals surface area contributed by atoms with Crippen LogP contribution in [0.25, 0.3) is 0 Å². The maximum absolute atomic E-state index is 11.7. The molecule has 1 saturated carbocycles. The predicted octanol–water partition coefficient (Wildman–Crippen LogP) is 3.28. The summed E-state index contributed by atoms with van der Waals surface area (Å²) in [7, 11) is 0. The first-order valence-corrected chi connectivity index (χ1v) is 11.4. The van der Waals surface area contributed by atoms with Gasteiger partial charge in [0.2, 0.25) is 0 Å². The van der Waals surface area contributed by atoms with Crippen LogP contribution in [0.3, 0.4) is 0 Å². The second kappa shape index (κ2) is 13.5. The summed E-state index contributed by atoms with van der Waals surface area (Å²) in [4.78, 5) is 22.0. The van der Waals surface area contributed by atoms with Crippen molar-refractivity contribution in [1.82, 2.24) is 20.9 Å². The maximum atomic E-state index is 11.7. The zero-order valence-corrected chi connectivity index (χ0v) is 21.3. The van der Waals surface area contributed by atoms with Gasteiger partial charge in [-0.05, 0) is 50.3 Å². The minimum atomic E-state index is -0.0512. The van der Waals surface area contributed by atoms with Gasteiger partial charge in [0.25, 0.3) is 5.91 Å². The van der Waals surface area contributed by atoms with Gasteiger partial charge in [0.15, 0.2) is 12.6 Å². The van der Waals surface area contributed by atoms with E-state index in [1.807, 2.05) is 30.5 Å². The van der Waals surface area contributed by atoms with Crippen LogP contribution < -0.4 is 20.7 Å². The van der Waals surface area contributed by atoms with Gasteiger partial charge in [0, 0.05) is 30.2 Å². The van der Waals surface area contributed by atoms with Crippen molar-refractivity contribution in [1.29, 1.82) is 0 Å². The van der Waals surface area contributed by atoms with E-state index in [1.54, 1.807) is 11.3 Å². The maximum Gasteiger partial charge on any atom is 0.258 e. The molecule has 3 N–H and O–H groups in total. The average Bonchev–Trinajstić information content (AvgIpc) is 3.45. The van der Waals surface area contributed by atoms with Gasteiger partial charge < -0.3 is 20.7 Å². The van der Waals surface area contributed by atoms with Crippen LogP contribution >= 0.6 is 35.3 Å². The number of carbonyl (C=O) groups excluding carboxylic acids is 1. The molecule has 0 saturated heterocycles. The van der Waals surface area contributed by atoms with Crippen LogP contribution in [0.5, 0.6) is 5.75 Å². The number of amides is 1. The molecule has 1 fully saturated rings. The van der Waals surface area contributed by atoms with Crippen LogP contribution in [0.15, 0.2) is 35.5 Å². The summed E-state index contributed by atoms with van der Waals surface area (Å²) in [6, 6.07) is 8.24. The summed E-state index contributed by atoms with van der Waals surface area (Å²) in [6.07, 6.45) is 5.98. The molecule has 0 aliphatic heterocycles. The van der Waals surface area contributed by atoms with Gasteiger partial charge in [-0.3, -0.25) is 4.79 Å². The Morgan fingerprint density at radius 2 is 2.00 bits per heavy atom. The van der Waals surface area contributed by atoms with Gasteiger partial charge in [-0.2, -0.15) is 0 Å². The van der Waals surface area contributed by atoms with E-state index in [1.165, 1.54) is 10.4 Å². The summed E-state index contributed by atoms with van der Waals surface area (Å²) in [5.74, 6) is 1.46. The monoisotopic (exact) mass is 557 g/mol. The smallest absolute Gasteiger partial charge is 0.258 e. The molecule has 1 amide bonds. The lowest BCUT2D eigenvalue weighted by Gasteiger charge is -2.11. The van der Waals surface area contributed by atoms with Gasteiger partial charge >= 0.3 is 0 Å². The Bertz CT molecular complexity index is 837. The second-order valence-electron chi connectivity index (χ2n) is 7.22. The van der Waals surface area contributed by atoms with Gasteiger partial charge in [-0.15, -0.1) is 35.3 Å². The highest BCUT2D eigenvalue weighted by Crippen LogP contribution is 2.18. The van der Waals surface area contributed by atoms with Crippen molar-refractivity contribution >= 4 is 47.2 Å². The van der Waals surface area contributed by atoms with E-state index in [4.69, 9.17) is 4.74 Å². The molecule has 31 heavy (non-hydrogen) atoms. The first kappa shape index (κ1) is 25.4. The van der Waals surface area contributed by atoms with Crippen molar-refractivity contribution in [3.8, 4) is 5.75 Å². The van der Waals surface area contributed by atoms with E-state index in [2.05, 4.69) is 39.8 Å². The molecule has 1 aromatic carbocycles. The fourth-order valence-electron chi connectivity index (χ4n) is 2.80. The molecule has 1 aromatic heterocycles. The number of ether oxygens (including phenoxy) is 1. The fraction of sp³-hybridized carbons (Fsp3) is 0.500. The number of halogens is 1. The summed E-state index contributed by atoms with van der Waals surface area (Å²) < 4.78 is 5.55. The molecule has 0 spiro atoms. The van der Waals surface area contributed by atoms with Gasteiger partial charge in [0.1, 0.15) is 10.8 Å². The zero-order valence-electron chi connectivity index (χ0n) is 18.1. The number of aliphatic imine (C=N–C) groups is 1. The lowest BCUT2D eigenvalue weighted by atomic mass is 10.1. The number of benzene rings is 1. The van der Waals surface area contributed by atoms with Crippen molar-refractivity contribution in [3.63, 3.8) is 0 Å². The quantitative estimate of drug-likeness (QED) is 0.224. The predicted molar refractivity (Wildman–Crippen MR) is 137 cm³/mol. The fourth-order valence-corrected chi connectivity index (χ4v) is 3.58. The molecule has 0 atom stereocenters.